The molecule has 142 valence electrons. The highest BCUT2D eigenvalue weighted by molar-refractivity contribution is 7.90. The molecule has 0 aliphatic carbocycles. The van der Waals surface area contributed by atoms with Gasteiger partial charge in [0.25, 0.3) is 0 Å². The number of halogens is 1. The standard InChI is InChI=1S/C17H27N3O3S.ClH/c1-13-4-5-14(2)16(12-13)19-7-9-20(10-8-19)17(21)15(18)6-11-24(3,22)23;/h4-5,12,15H,6-11,18H2,1-3H3;1H. The van der Waals surface area contributed by atoms with Crippen LogP contribution in [0.5, 0.6) is 0 Å². The van der Waals surface area contributed by atoms with Gasteiger partial charge in [0.2, 0.25) is 5.91 Å². The molecule has 0 radical (unpaired) electrons. The lowest BCUT2D eigenvalue weighted by Gasteiger charge is -2.37. The van der Waals surface area contributed by atoms with Gasteiger partial charge in [-0.15, -0.1) is 12.4 Å². The smallest absolute Gasteiger partial charge is 0.239 e. The van der Waals surface area contributed by atoms with Crippen molar-refractivity contribution in [2.45, 2.75) is 26.3 Å². The Labute approximate surface area is 156 Å². The minimum absolute atomic E-state index is 0. The highest BCUT2D eigenvalue weighted by Gasteiger charge is 2.26. The summed E-state index contributed by atoms with van der Waals surface area (Å²) in [6, 6.07) is 5.64. The molecule has 1 saturated heterocycles. The molecule has 0 spiro atoms. The maximum atomic E-state index is 12.4. The first kappa shape index (κ1) is 21.7. The number of piperazine rings is 1. The van der Waals surface area contributed by atoms with E-state index in [1.807, 2.05) is 0 Å². The third-order valence-electron chi connectivity index (χ3n) is 4.41. The maximum Gasteiger partial charge on any atom is 0.239 e. The fraction of sp³-hybridized carbons (Fsp3) is 0.588. The summed E-state index contributed by atoms with van der Waals surface area (Å²) >= 11 is 0. The molecule has 0 aromatic heterocycles. The van der Waals surface area contributed by atoms with Crippen LogP contribution in [-0.2, 0) is 14.6 Å². The van der Waals surface area contributed by atoms with Gasteiger partial charge in [-0.1, -0.05) is 12.1 Å². The Kier molecular flexibility index (Phi) is 7.71. The van der Waals surface area contributed by atoms with Crippen molar-refractivity contribution in [3.05, 3.63) is 29.3 Å². The molecule has 1 aliphatic rings. The van der Waals surface area contributed by atoms with Crippen LogP contribution in [0.4, 0.5) is 5.69 Å². The lowest BCUT2D eigenvalue weighted by Crippen LogP contribution is -2.53. The van der Waals surface area contributed by atoms with E-state index in [-0.39, 0.29) is 30.5 Å². The largest absolute Gasteiger partial charge is 0.368 e. The number of rotatable bonds is 5. The number of nitrogens with zero attached hydrogens (tertiary/aromatic N) is 2. The number of aryl methyl sites for hydroxylation is 2. The number of benzene rings is 1. The molecule has 0 saturated carbocycles. The van der Waals surface area contributed by atoms with E-state index in [0.29, 0.717) is 13.1 Å². The normalized spacial score (nSPS) is 16.3. The Hall–Kier alpha value is -1.31. The molecule has 1 aromatic carbocycles. The number of hydrogen-bond donors (Lipinski definition) is 1. The van der Waals surface area contributed by atoms with Gasteiger partial charge in [0.05, 0.1) is 11.8 Å². The SMILES string of the molecule is Cc1ccc(C)c(N2CCN(C(=O)C(N)CCS(C)(=O)=O)CC2)c1.Cl. The van der Waals surface area contributed by atoms with Gasteiger partial charge < -0.3 is 15.5 Å². The molecule has 1 amide bonds. The van der Waals surface area contributed by atoms with E-state index in [0.717, 1.165) is 19.3 Å². The van der Waals surface area contributed by atoms with Crippen LogP contribution >= 0.6 is 12.4 Å². The second-order valence-corrected chi connectivity index (χ2v) is 8.89. The van der Waals surface area contributed by atoms with Gasteiger partial charge in [-0.05, 0) is 37.5 Å². The van der Waals surface area contributed by atoms with Gasteiger partial charge in [0.1, 0.15) is 9.84 Å². The van der Waals surface area contributed by atoms with Gasteiger partial charge in [0.15, 0.2) is 0 Å². The zero-order chi connectivity index (χ0) is 17.9. The zero-order valence-electron chi connectivity index (χ0n) is 15.1. The summed E-state index contributed by atoms with van der Waals surface area (Å²) in [5.74, 6) is -0.207. The summed E-state index contributed by atoms with van der Waals surface area (Å²) in [7, 11) is -3.10. The maximum absolute atomic E-state index is 12.4. The second kappa shape index (κ2) is 8.87. The summed E-state index contributed by atoms with van der Waals surface area (Å²) in [6.45, 7) is 6.90. The Balaban J connectivity index is 0.00000312. The first-order valence-electron chi connectivity index (χ1n) is 8.21. The van der Waals surface area contributed by atoms with E-state index in [9.17, 15) is 13.2 Å². The van der Waals surface area contributed by atoms with Crippen LogP contribution in [0.15, 0.2) is 18.2 Å². The Morgan fingerprint density at radius 1 is 1.20 bits per heavy atom. The van der Waals surface area contributed by atoms with Crippen LogP contribution in [0.2, 0.25) is 0 Å². The van der Waals surface area contributed by atoms with Crippen LogP contribution < -0.4 is 10.6 Å². The van der Waals surface area contributed by atoms with Gasteiger partial charge in [-0.25, -0.2) is 8.42 Å². The van der Waals surface area contributed by atoms with E-state index < -0.39 is 15.9 Å². The first-order valence-corrected chi connectivity index (χ1v) is 10.3. The Morgan fingerprint density at radius 3 is 2.36 bits per heavy atom. The van der Waals surface area contributed by atoms with Gasteiger partial charge in [-0.3, -0.25) is 4.79 Å². The van der Waals surface area contributed by atoms with Crippen LogP contribution in [-0.4, -0.2) is 63.5 Å². The number of carbonyl (C=O) groups is 1. The molecular weight excluding hydrogens is 362 g/mol. The van der Waals surface area contributed by atoms with Crippen molar-refractivity contribution in [2.75, 3.05) is 43.1 Å². The lowest BCUT2D eigenvalue weighted by atomic mass is 10.1. The predicted molar refractivity (Wildman–Crippen MR) is 104 cm³/mol. The summed E-state index contributed by atoms with van der Waals surface area (Å²) in [4.78, 5) is 16.4. The minimum Gasteiger partial charge on any atom is -0.368 e. The molecule has 0 bridgehead atoms. The van der Waals surface area contributed by atoms with E-state index >= 15 is 0 Å². The zero-order valence-corrected chi connectivity index (χ0v) is 16.7. The molecule has 1 aliphatic heterocycles. The summed E-state index contributed by atoms with van der Waals surface area (Å²) in [5.41, 5.74) is 9.53. The van der Waals surface area contributed by atoms with Crippen molar-refractivity contribution in [3.63, 3.8) is 0 Å². The van der Waals surface area contributed by atoms with Crippen LogP contribution in [0.1, 0.15) is 17.5 Å². The monoisotopic (exact) mass is 389 g/mol. The Bertz CT molecular complexity index is 701. The second-order valence-electron chi connectivity index (χ2n) is 6.63. The van der Waals surface area contributed by atoms with Crippen LogP contribution in [0.25, 0.3) is 0 Å². The van der Waals surface area contributed by atoms with E-state index in [1.165, 1.54) is 16.8 Å². The van der Waals surface area contributed by atoms with Crippen molar-refractivity contribution in [1.29, 1.82) is 0 Å². The predicted octanol–water partition coefficient (Wildman–Crippen LogP) is 1.14. The molecule has 8 heteroatoms. The fourth-order valence-corrected chi connectivity index (χ4v) is 3.61. The lowest BCUT2D eigenvalue weighted by molar-refractivity contribution is -0.132. The number of nitrogens with two attached hydrogens (primary N) is 1. The van der Waals surface area contributed by atoms with E-state index in [1.54, 1.807) is 4.90 Å². The fourth-order valence-electron chi connectivity index (χ4n) is 2.93. The first-order chi connectivity index (χ1) is 11.2. The third-order valence-corrected chi connectivity index (χ3v) is 5.39. The molecule has 1 aromatic rings. The number of amides is 1. The molecular formula is C17H28ClN3O3S. The van der Waals surface area contributed by atoms with E-state index in [4.69, 9.17) is 5.73 Å². The van der Waals surface area contributed by atoms with Crippen LogP contribution in [0, 0.1) is 13.8 Å². The molecule has 1 fully saturated rings. The number of sulfone groups is 1. The molecule has 25 heavy (non-hydrogen) atoms. The highest BCUT2D eigenvalue weighted by Crippen LogP contribution is 2.23. The number of anilines is 1. The number of carbonyl (C=O) groups excluding carboxylic acids is 1. The average Bonchev–Trinajstić information content (AvgIpc) is 2.53. The molecule has 6 nitrogen and oxygen atoms in total. The van der Waals surface area contributed by atoms with E-state index in [2.05, 4.69) is 36.9 Å². The Morgan fingerprint density at radius 2 is 1.80 bits per heavy atom. The molecule has 1 heterocycles. The van der Waals surface area contributed by atoms with Crippen molar-refractivity contribution < 1.29 is 13.2 Å². The average molecular weight is 390 g/mol. The highest BCUT2D eigenvalue weighted by atomic mass is 35.5. The minimum atomic E-state index is -3.10. The third kappa shape index (κ3) is 6.17. The van der Waals surface area contributed by atoms with Crippen molar-refractivity contribution in [3.8, 4) is 0 Å². The van der Waals surface area contributed by atoms with Gasteiger partial charge in [-0.2, -0.15) is 0 Å². The molecule has 2 rings (SSSR count). The number of hydrogen-bond acceptors (Lipinski definition) is 5. The van der Waals surface area contributed by atoms with Crippen molar-refractivity contribution in [2.24, 2.45) is 5.73 Å². The van der Waals surface area contributed by atoms with Gasteiger partial charge >= 0.3 is 0 Å². The summed E-state index contributed by atoms with van der Waals surface area (Å²) < 4.78 is 22.4. The molecule has 1 unspecified atom stereocenters. The van der Waals surface area contributed by atoms with Gasteiger partial charge in [0, 0.05) is 38.1 Å². The van der Waals surface area contributed by atoms with Crippen molar-refractivity contribution in [1.82, 2.24) is 4.90 Å². The quantitative estimate of drug-likeness (QED) is 0.816. The summed E-state index contributed by atoms with van der Waals surface area (Å²) in [5, 5.41) is 0. The van der Waals surface area contributed by atoms with Crippen LogP contribution in [0.3, 0.4) is 0 Å². The molecule has 1 atom stereocenters. The molecule has 2 N–H and O–H groups in total. The summed E-state index contributed by atoms with van der Waals surface area (Å²) in [6.07, 6.45) is 1.34. The van der Waals surface area contributed by atoms with Crippen molar-refractivity contribution >= 4 is 33.8 Å². The topological polar surface area (TPSA) is 83.7 Å².